The molecule has 0 aliphatic heterocycles. The van der Waals surface area contributed by atoms with Crippen LogP contribution in [0.5, 0.6) is 0 Å². The van der Waals surface area contributed by atoms with Crippen molar-refractivity contribution in [2.45, 2.75) is 6.61 Å². The second-order valence-electron chi connectivity index (χ2n) is 2.12. The van der Waals surface area contributed by atoms with Crippen LogP contribution >= 0.6 is 15.9 Å². The van der Waals surface area contributed by atoms with Crippen molar-refractivity contribution in [1.82, 2.24) is 0 Å². The van der Waals surface area contributed by atoms with E-state index in [1.54, 1.807) is 0 Å². The predicted octanol–water partition coefficient (Wildman–Crippen LogP) is 1.66. The van der Waals surface area contributed by atoms with Gasteiger partial charge in [0.25, 0.3) is 0 Å². The molecule has 3 N–H and O–H groups in total. The molecule has 0 aliphatic rings. The smallest absolute Gasteiger partial charge is 0.129 e. The summed E-state index contributed by atoms with van der Waals surface area (Å²) in [7, 11) is 0. The van der Waals surface area contributed by atoms with Crippen LogP contribution in [-0.2, 0) is 6.61 Å². The number of hydrogen-bond acceptors (Lipinski definition) is 2. The number of nitrogen functional groups attached to an aromatic ring is 1. The molecule has 0 aliphatic carbocycles. The van der Waals surface area contributed by atoms with Crippen molar-refractivity contribution in [3.05, 3.63) is 28.0 Å². The van der Waals surface area contributed by atoms with Crippen LogP contribution in [0.3, 0.4) is 0 Å². The summed E-state index contributed by atoms with van der Waals surface area (Å²) in [5.74, 6) is -0.450. The van der Waals surface area contributed by atoms with Crippen molar-refractivity contribution in [1.29, 1.82) is 0 Å². The van der Waals surface area contributed by atoms with E-state index in [1.807, 2.05) is 0 Å². The average molecular weight is 220 g/mol. The maximum atomic E-state index is 12.8. The van der Waals surface area contributed by atoms with Crippen LogP contribution in [0.2, 0.25) is 0 Å². The largest absolute Gasteiger partial charge is 0.398 e. The van der Waals surface area contributed by atoms with E-state index in [9.17, 15) is 4.39 Å². The zero-order valence-corrected chi connectivity index (χ0v) is 7.23. The molecule has 0 spiro atoms. The van der Waals surface area contributed by atoms with Gasteiger partial charge in [0.05, 0.1) is 6.61 Å². The standard InChI is InChI=1S/C7H7BrFNO/c8-5-2-6(9)4(3-11)1-7(5)10/h1-2,11H,3,10H2. The van der Waals surface area contributed by atoms with Crippen LogP contribution in [0.25, 0.3) is 0 Å². The molecule has 0 bridgehead atoms. The van der Waals surface area contributed by atoms with Gasteiger partial charge in [0.15, 0.2) is 0 Å². The fourth-order valence-corrected chi connectivity index (χ4v) is 1.05. The third-order valence-electron chi connectivity index (χ3n) is 1.34. The van der Waals surface area contributed by atoms with Crippen molar-refractivity contribution in [3.63, 3.8) is 0 Å². The van der Waals surface area contributed by atoms with Gasteiger partial charge in [-0.15, -0.1) is 0 Å². The Morgan fingerprint density at radius 1 is 1.55 bits per heavy atom. The second-order valence-corrected chi connectivity index (χ2v) is 2.98. The lowest BCUT2D eigenvalue weighted by Crippen LogP contribution is -1.94. The Bertz CT molecular complexity index is 277. The number of aliphatic hydroxyl groups is 1. The van der Waals surface area contributed by atoms with E-state index in [4.69, 9.17) is 10.8 Å². The highest BCUT2D eigenvalue weighted by molar-refractivity contribution is 9.10. The minimum atomic E-state index is -0.450. The van der Waals surface area contributed by atoms with E-state index in [2.05, 4.69) is 15.9 Å². The van der Waals surface area contributed by atoms with Gasteiger partial charge < -0.3 is 10.8 Å². The van der Waals surface area contributed by atoms with Gasteiger partial charge in [0.2, 0.25) is 0 Å². The molecule has 2 nitrogen and oxygen atoms in total. The Balaban J connectivity index is 3.21. The fourth-order valence-electron chi connectivity index (χ4n) is 0.734. The van der Waals surface area contributed by atoms with Gasteiger partial charge >= 0.3 is 0 Å². The molecule has 0 saturated carbocycles. The molecule has 0 heterocycles. The van der Waals surface area contributed by atoms with E-state index in [0.29, 0.717) is 10.2 Å². The second kappa shape index (κ2) is 3.19. The monoisotopic (exact) mass is 219 g/mol. The van der Waals surface area contributed by atoms with Gasteiger partial charge in [-0.2, -0.15) is 0 Å². The van der Waals surface area contributed by atoms with Gasteiger partial charge in [-0.05, 0) is 28.1 Å². The maximum Gasteiger partial charge on any atom is 0.129 e. The highest BCUT2D eigenvalue weighted by Crippen LogP contribution is 2.22. The third kappa shape index (κ3) is 1.70. The zero-order chi connectivity index (χ0) is 8.43. The molecule has 0 unspecified atom stereocenters. The molecular weight excluding hydrogens is 213 g/mol. The third-order valence-corrected chi connectivity index (χ3v) is 2.02. The van der Waals surface area contributed by atoms with Gasteiger partial charge in [-0.25, -0.2) is 4.39 Å². The average Bonchev–Trinajstić information content (AvgIpc) is 1.97. The summed E-state index contributed by atoms with van der Waals surface area (Å²) < 4.78 is 13.3. The highest BCUT2D eigenvalue weighted by atomic mass is 79.9. The minimum absolute atomic E-state index is 0.214. The number of rotatable bonds is 1. The predicted molar refractivity (Wildman–Crippen MR) is 44.4 cm³/mol. The molecule has 1 aromatic rings. The number of benzene rings is 1. The minimum Gasteiger partial charge on any atom is -0.398 e. The Morgan fingerprint density at radius 3 is 2.73 bits per heavy atom. The molecule has 1 rings (SSSR count). The van der Waals surface area contributed by atoms with Crippen molar-refractivity contribution in [2.24, 2.45) is 0 Å². The number of anilines is 1. The van der Waals surface area contributed by atoms with Crippen molar-refractivity contribution >= 4 is 21.6 Å². The Morgan fingerprint density at radius 2 is 2.18 bits per heavy atom. The lowest BCUT2D eigenvalue weighted by Gasteiger charge is -2.02. The first kappa shape index (κ1) is 8.49. The van der Waals surface area contributed by atoms with Crippen LogP contribution in [0.15, 0.2) is 16.6 Å². The van der Waals surface area contributed by atoms with Gasteiger partial charge in [-0.1, -0.05) is 0 Å². The molecule has 4 heteroatoms. The summed E-state index contributed by atoms with van der Waals surface area (Å²) in [4.78, 5) is 0. The first-order valence-electron chi connectivity index (χ1n) is 2.99. The van der Waals surface area contributed by atoms with E-state index >= 15 is 0 Å². The highest BCUT2D eigenvalue weighted by Gasteiger charge is 2.04. The summed E-state index contributed by atoms with van der Waals surface area (Å²) >= 11 is 3.06. The lowest BCUT2D eigenvalue weighted by molar-refractivity contribution is 0.276. The summed E-state index contributed by atoms with van der Waals surface area (Å²) in [5, 5.41) is 8.62. The fraction of sp³-hybridized carbons (Fsp3) is 0.143. The Labute approximate surface area is 72.0 Å². The molecule has 0 radical (unpaired) electrons. The van der Waals surface area contributed by atoms with Crippen LogP contribution in [0.1, 0.15) is 5.56 Å². The lowest BCUT2D eigenvalue weighted by atomic mass is 10.2. The van der Waals surface area contributed by atoms with E-state index in [1.165, 1.54) is 12.1 Å². The first-order chi connectivity index (χ1) is 5.15. The molecule has 1 aromatic carbocycles. The number of aliphatic hydroxyl groups excluding tert-OH is 1. The van der Waals surface area contributed by atoms with Gasteiger partial charge in [0, 0.05) is 15.7 Å². The molecule has 0 saturated heterocycles. The molecular formula is C7H7BrFNO. The topological polar surface area (TPSA) is 46.2 Å². The summed E-state index contributed by atoms with van der Waals surface area (Å²) in [6.07, 6.45) is 0. The Kier molecular flexibility index (Phi) is 2.46. The number of nitrogens with two attached hydrogens (primary N) is 1. The summed E-state index contributed by atoms with van der Waals surface area (Å²) in [6.45, 7) is -0.330. The summed E-state index contributed by atoms with van der Waals surface area (Å²) in [6, 6.07) is 2.64. The molecule has 0 amide bonds. The number of halogens is 2. The maximum absolute atomic E-state index is 12.8. The number of hydrogen-bond donors (Lipinski definition) is 2. The molecule has 11 heavy (non-hydrogen) atoms. The molecule has 0 fully saturated rings. The van der Waals surface area contributed by atoms with Gasteiger partial charge in [0.1, 0.15) is 5.82 Å². The molecule has 0 atom stereocenters. The van der Waals surface area contributed by atoms with Crippen molar-refractivity contribution in [2.75, 3.05) is 5.73 Å². The van der Waals surface area contributed by atoms with Crippen molar-refractivity contribution in [3.8, 4) is 0 Å². The van der Waals surface area contributed by atoms with Gasteiger partial charge in [-0.3, -0.25) is 0 Å². The zero-order valence-electron chi connectivity index (χ0n) is 5.64. The van der Waals surface area contributed by atoms with E-state index in [0.717, 1.165) is 0 Å². The molecule has 0 aromatic heterocycles. The van der Waals surface area contributed by atoms with Crippen LogP contribution in [0, 0.1) is 5.82 Å². The first-order valence-corrected chi connectivity index (χ1v) is 3.78. The normalized spacial score (nSPS) is 10.1. The van der Waals surface area contributed by atoms with Crippen LogP contribution in [-0.4, -0.2) is 5.11 Å². The molecule has 60 valence electrons. The SMILES string of the molecule is Nc1cc(CO)c(F)cc1Br. The van der Waals surface area contributed by atoms with E-state index in [-0.39, 0.29) is 12.2 Å². The summed E-state index contributed by atoms with van der Waals surface area (Å²) in [5.41, 5.74) is 6.08. The Hall–Kier alpha value is -0.610. The van der Waals surface area contributed by atoms with Crippen molar-refractivity contribution < 1.29 is 9.50 Å². The van der Waals surface area contributed by atoms with E-state index < -0.39 is 5.82 Å². The van der Waals surface area contributed by atoms with Crippen LogP contribution in [0.4, 0.5) is 10.1 Å². The quantitative estimate of drug-likeness (QED) is 0.707. The van der Waals surface area contributed by atoms with Crippen LogP contribution < -0.4 is 5.73 Å².